The van der Waals surface area contributed by atoms with E-state index in [1.165, 1.54) is 0 Å². The summed E-state index contributed by atoms with van der Waals surface area (Å²) in [6.45, 7) is 2.55. The number of hydrogen-bond acceptors (Lipinski definition) is 4. The SMILES string of the molecule is Cn1cc(CNC2CCOCC2)nn1. The average molecular weight is 196 g/mol. The largest absolute Gasteiger partial charge is 0.381 e. The Morgan fingerprint density at radius 3 is 3.00 bits per heavy atom. The highest BCUT2D eigenvalue weighted by Gasteiger charge is 2.13. The van der Waals surface area contributed by atoms with Crippen LogP contribution in [0.15, 0.2) is 6.20 Å². The van der Waals surface area contributed by atoms with Gasteiger partial charge in [0.05, 0.1) is 5.69 Å². The number of rotatable bonds is 3. The van der Waals surface area contributed by atoms with Gasteiger partial charge < -0.3 is 10.1 Å². The zero-order chi connectivity index (χ0) is 9.80. The lowest BCUT2D eigenvalue weighted by atomic mass is 10.1. The van der Waals surface area contributed by atoms with Crippen LogP contribution in [0.5, 0.6) is 0 Å². The predicted molar refractivity (Wildman–Crippen MR) is 51.7 cm³/mol. The van der Waals surface area contributed by atoms with Gasteiger partial charge in [-0.05, 0) is 12.8 Å². The topological polar surface area (TPSA) is 52.0 Å². The fraction of sp³-hybridized carbons (Fsp3) is 0.778. The van der Waals surface area contributed by atoms with Gasteiger partial charge in [-0.3, -0.25) is 4.68 Å². The Morgan fingerprint density at radius 1 is 1.57 bits per heavy atom. The van der Waals surface area contributed by atoms with Crippen LogP contribution in [0.3, 0.4) is 0 Å². The summed E-state index contributed by atoms with van der Waals surface area (Å²) in [5, 5.41) is 11.4. The molecular weight excluding hydrogens is 180 g/mol. The molecule has 1 saturated heterocycles. The Morgan fingerprint density at radius 2 is 2.36 bits per heavy atom. The predicted octanol–water partition coefficient (Wildman–Crippen LogP) is 0.0837. The van der Waals surface area contributed by atoms with Crippen molar-refractivity contribution in [3.63, 3.8) is 0 Å². The zero-order valence-electron chi connectivity index (χ0n) is 8.44. The lowest BCUT2D eigenvalue weighted by Gasteiger charge is -2.22. The van der Waals surface area contributed by atoms with Crippen LogP contribution in [0, 0.1) is 0 Å². The van der Waals surface area contributed by atoms with Gasteiger partial charge in [0.25, 0.3) is 0 Å². The molecule has 0 amide bonds. The molecule has 14 heavy (non-hydrogen) atoms. The van der Waals surface area contributed by atoms with E-state index in [1.54, 1.807) is 4.68 Å². The molecule has 0 radical (unpaired) electrons. The minimum atomic E-state index is 0.575. The van der Waals surface area contributed by atoms with Crippen LogP contribution >= 0.6 is 0 Å². The highest BCUT2D eigenvalue weighted by atomic mass is 16.5. The Kier molecular flexibility index (Phi) is 3.10. The van der Waals surface area contributed by atoms with Crippen LogP contribution < -0.4 is 5.32 Å². The van der Waals surface area contributed by atoms with Gasteiger partial charge in [0, 0.05) is 39.0 Å². The molecule has 0 saturated carbocycles. The number of aryl methyl sites for hydroxylation is 1. The number of nitrogens with one attached hydrogen (secondary N) is 1. The van der Waals surface area contributed by atoms with Crippen molar-refractivity contribution in [1.29, 1.82) is 0 Å². The average Bonchev–Trinajstić information content (AvgIpc) is 2.63. The number of aromatic nitrogens is 3. The summed E-state index contributed by atoms with van der Waals surface area (Å²) in [5.41, 5.74) is 0.999. The van der Waals surface area contributed by atoms with Crippen molar-refractivity contribution in [2.24, 2.45) is 7.05 Å². The second-order valence-corrected chi connectivity index (χ2v) is 3.65. The second kappa shape index (κ2) is 4.52. The first-order valence-electron chi connectivity index (χ1n) is 5.01. The molecule has 0 aromatic carbocycles. The third-order valence-electron chi connectivity index (χ3n) is 2.44. The molecule has 78 valence electrons. The summed E-state index contributed by atoms with van der Waals surface area (Å²) < 4.78 is 7.01. The highest BCUT2D eigenvalue weighted by molar-refractivity contribution is 4.91. The normalized spacial score (nSPS) is 18.6. The van der Waals surface area contributed by atoms with Crippen LogP contribution in [-0.4, -0.2) is 34.2 Å². The van der Waals surface area contributed by atoms with E-state index in [0.717, 1.165) is 38.3 Å². The van der Waals surface area contributed by atoms with Gasteiger partial charge in [0.2, 0.25) is 0 Å². The maximum Gasteiger partial charge on any atom is 0.0964 e. The van der Waals surface area contributed by atoms with Crippen molar-refractivity contribution in [1.82, 2.24) is 20.3 Å². The lowest BCUT2D eigenvalue weighted by Crippen LogP contribution is -2.34. The molecule has 2 heterocycles. The second-order valence-electron chi connectivity index (χ2n) is 3.65. The molecule has 5 heteroatoms. The van der Waals surface area contributed by atoms with Gasteiger partial charge in [-0.15, -0.1) is 5.10 Å². The number of nitrogens with zero attached hydrogens (tertiary/aromatic N) is 3. The van der Waals surface area contributed by atoms with Gasteiger partial charge >= 0.3 is 0 Å². The third-order valence-corrected chi connectivity index (χ3v) is 2.44. The van der Waals surface area contributed by atoms with Crippen LogP contribution in [0.1, 0.15) is 18.5 Å². The van der Waals surface area contributed by atoms with Crippen molar-refractivity contribution in [3.05, 3.63) is 11.9 Å². The molecule has 5 nitrogen and oxygen atoms in total. The van der Waals surface area contributed by atoms with Crippen molar-refractivity contribution in [2.45, 2.75) is 25.4 Å². The van der Waals surface area contributed by atoms with E-state index in [1.807, 2.05) is 13.2 Å². The molecule has 1 fully saturated rings. The molecule has 1 N–H and O–H groups in total. The lowest BCUT2D eigenvalue weighted by molar-refractivity contribution is 0.0775. The summed E-state index contributed by atoms with van der Waals surface area (Å²) >= 11 is 0. The molecule has 0 unspecified atom stereocenters. The molecule has 2 rings (SSSR count). The van der Waals surface area contributed by atoms with Gasteiger partial charge in [0.15, 0.2) is 0 Å². The van der Waals surface area contributed by atoms with E-state index < -0.39 is 0 Å². The Bertz CT molecular complexity index is 280. The Hall–Kier alpha value is -0.940. The number of hydrogen-bond donors (Lipinski definition) is 1. The van der Waals surface area contributed by atoms with Gasteiger partial charge in [-0.2, -0.15) is 0 Å². The first kappa shape index (κ1) is 9.61. The van der Waals surface area contributed by atoms with Gasteiger partial charge in [-0.1, -0.05) is 5.21 Å². The highest BCUT2D eigenvalue weighted by Crippen LogP contribution is 2.06. The van der Waals surface area contributed by atoms with E-state index in [0.29, 0.717) is 6.04 Å². The van der Waals surface area contributed by atoms with Crippen molar-refractivity contribution in [2.75, 3.05) is 13.2 Å². The van der Waals surface area contributed by atoms with E-state index in [2.05, 4.69) is 15.6 Å². The van der Waals surface area contributed by atoms with Gasteiger partial charge in [0.1, 0.15) is 0 Å². The fourth-order valence-electron chi connectivity index (χ4n) is 1.63. The van der Waals surface area contributed by atoms with Crippen LogP contribution in [-0.2, 0) is 18.3 Å². The Balaban J connectivity index is 1.76. The molecule has 1 aromatic heterocycles. The van der Waals surface area contributed by atoms with Gasteiger partial charge in [-0.25, -0.2) is 0 Å². The summed E-state index contributed by atoms with van der Waals surface area (Å²) in [7, 11) is 1.88. The molecule has 1 aliphatic heterocycles. The summed E-state index contributed by atoms with van der Waals surface area (Å²) in [6, 6.07) is 0.575. The molecule has 1 aromatic rings. The Labute approximate surface area is 83.4 Å². The molecule has 1 aliphatic rings. The van der Waals surface area contributed by atoms with Crippen molar-refractivity contribution < 1.29 is 4.74 Å². The molecule has 0 bridgehead atoms. The summed E-state index contributed by atoms with van der Waals surface area (Å²) in [6.07, 6.45) is 4.13. The monoisotopic (exact) mass is 196 g/mol. The fourth-order valence-corrected chi connectivity index (χ4v) is 1.63. The first-order valence-corrected chi connectivity index (χ1v) is 5.01. The zero-order valence-corrected chi connectivity index (χ0v) is 8.44. The standard InChI is InChI=1S/C9H16N4O/c1-13-7-9(11-12-13)6-10-8-2-4-14-5-3-8/h7-8,10H,2-6H2,1H3. The molecular formula is C9H16N4O. The molecule has 0 atom stereocenters. The van der Waals surface area contributed by atoms with E-state index >= 15 is 0 Å². The van der Waals surface area contributed by atoms with Crippen LogP contribution in [0.4, 0.5) is 0 Å². The molecule has 0 spiro atoms. The minimum Gasteiger partial charge on any atom is -0.381 e. The number of ether oxygens (including phenoxy) is 1. The third kappa shape index (κ3) is 2.52. The van der Waals surface area contributed by atoms with E-state index in [4.69, 9.17) is 4.74 Å². The summed E-state index contributed by atoms with van der Waals surface area (Å²) in [5.74, 6) is 0. The summed E-state index contributed by atoms with van der Waals surface area (Å²) in [4.78, 5) is 0. The maximum absolute atomic E-state index is 5.28. The van der Waals surface area contributed by atoms with Crippen molar-refractivity contribution >= 4 is 0 Å². The molecule has 0 aliphatic carbocycles. The van der Waals surface area contributed by atoms with Crippen molar-refractivity contribution in [3.8, 4) is 0 Å². The maximum atomic E-state index is 5.28. The van der Waals surface area contributed by atoms with Crippen LogP contribution in [0.25, 0.3) is 0 Å². The van der Waals surface area contributed by atoms with Crippen LogP contribution in [0.2, 0.25) is 0 Å². The minimum absolute atomic E-state index is 0.575. The first-order chi connectivity index (χ1) is 6.84. The van der Waals surface area contributed by atoms with E-state index in [9.17, 15) is 0 Å². The van der Waals surface area contributed by atoms with E-state index in [-0.39, 0.29) is 0 Å². The smallest absolute Gasteiger partial charge is 0.0964 e. The quantitative estimate of drug-likeness (QED) is 0.744.